The smallest absolute Gasteiger partial charge is 0.416 e. The van der Waals surface area contributed by atoms with Crippen LogP contribution in [0.3, 0.4) is 0 Å². The number of aromatic carboxylic acids is 1. The molecule has 1 aromatic carbocycles. The first kappa shape index (κ1) is 23.0. The Morgan fingerprint density at radius 2 is 1.97 bits per heavy atom. The molecule has 1 amide bonds. The maximum Gasteiger partial charge on any atom is 0.416 e. The summed E-state index contributed by atoms with van der Waals surface area (Å²) >= 11 is 0. The molecule has 0 radical (unpaired) electrons. The van der Waals surface area contributed by atoms with E-state index in [-0.39, 0.29) is 23.6 Å². The Hall–Kier alpha value is -2.29. The summed E-state index contributed by atoms with van der Waals surface area (Å²) in [5.41, 5.74) is -1.79. The van der Waals surface area contributed by atoms with Gasteiger partial charge in [0.25, 0.3) is 0 Å². The van der Waals surface area contributed by atoms with E-state index in [1.165, 1.54) is 12.1 Å². The maximum atomic E-state index is 13.3. The van der Waals surface area contributed by atoms with Gasteiger partial charge in [0.15, 0.2) is 0 Å². The lowest BCUT2D eigenvalue weighted by molar-refractivity contribution is -0.138. The Labute approximate surface area is 168 Å². The molecular formula is C20H27F3N2O4. The lowest BCUT2D eigenvalue weighted by atomic mass is 10.0. The number of benzene rings is 1. The molecule has 1 fully saturated rings. The van der Waals surface area contributed by atoms with E-state index in [1.807, 2.05) is 4.90 Å². The lowest BCUT2D eigenvalue weighted by Crippen LogP contribution is -2.33. The summed E-state index contributed by atoms with van der Waals surface area (Å²) in [7, 11) is 0. The van der Waals surface area contributed by atoms with Gasteiger partial charge in [-0.3, -0.25) is 4.90 Å². The van der Waals surface area contributed by atoms with Crippen LogP contribution in [0.4, 0.5) is 18.0 Å². The van der Waals surface area contributed by atoms with E-state index in [9.17, 15) is 22.8 Å². The van der Waals surface area contributed by atoms with Crippen molar-refractivity contribution in [3.05, 3.63) is 34.9 Å². The SMILES string of the molecule is CC(C)(C)OC(=O)NCC[C@@H]1CCN(Cc2ccc(C(=O)O)cc2C(F)(F)F)C1. The Bertz CT molecular complexity index is 744. The van der Waals surface area contributed by atoms with Crippen LogP contribution in [0.2, 0.25) is 0 Å². The molecule has 2 N–H and O–H groups in total. The summed E-state index contributed by atoms with van der Waals surface area (Å²) in [6.07, 6.45) is -3.57. The van der Waals surface area contributed by atoms with Gasteiger partial charge in [-0.25, -0.2) is 9.59 Å². The number of halogens is 3. The Balaban J connectivity index is 1.90. The fraction of sp³-hybridized carbons (Fsp3) is 0.600. The van der Waals surface area contributed by atoms with Gasteiger partial charge in [0.1, 0.15) is 5.60 Å². The largest absolute Gasteiger partial charge is 0.478 e. The van der Waals surface area contributed by atoms with E-state index in [0.29, 0.717) is 32.1 Å². The second-order valence-electron chi connectivity index (χ2n) is 8.28. The first-order valence-electron chi connectivity index (χ1n) is 9.48. The maximum absolute atomic E-state index is 13.3. The van der Waals surface area contributed by atoms with Crippen molar-refractivity contribution in [1.29, 1.82) is 0 Å². The third-order valence-corrected chi connectivity index (χ3v) is 4.65. The number of amides is 1. The van der Waals surface area contributed by atoms with Crippen molar-refractivity contribution in [1.82, 2.24) is 10.2 Å². The molecular weight excluding hydrogens is 389 g/mol. The highest BCUT2D eigenvalue weighted by Crippen LogP contribution is 2.34. The van der Waals surface area contributed by atoms with Crippen LogP contribution in [0.25, 0.3) is 0 Å². The van der Waals surface area contributed by atoms with Gasteiger partial charge in [-0.15, -0.1) is 0 Å². The monoisotopic (exact) mass is 416 g/mol. The van der Waals surface area contributed by atoms with Gasteiger partial charge in [0.05, 0.1) is 11.1 Å². The molecule has 162 valence electrons. The number of carbonyl (C=O) groups is 2. The van der Waals surface area contributed by atoms with Gasteiger partial charge in [-0.2, -0.15) is 13.2 Å². The van der Waals surface area contributed by atoms with E-state index in [2.05, 4.69) is 5.32 Å². The first-order chi connectivity index (χ1) is 13.3. The lowest BCUT2D eigenvalue weighted by Gasteiger charge is -2.21. The predicted molar refractivity (Wildman–Crippen MR) is 101 cm³/mol. The topological polar surface area (TPSA) is 78.9 Å². The molecule has 0 spiro atoms. The second kappa shape index (κ2) is 9.02. The van der Waals surface area contributed by atoms with Gasteiger partial charge in [0.2, 0.25) is 0 Å². The number of carbonyl (C=O) groups excluding carboxylic acids is 1. The average Bonchev–Trinajstić information content (AvgIpc) is 2.99. The number of rotatable bonds is 6. The van der Waals surface area contributed by atoms with Crippen LogP contribution in [-0.4, -0.2) is 47.3 Å². The molecule has 1 atom stereocenters. The molecule has 9 heteroatoms. The number of nitrogens with one attached hydrogen (secondary N) is 1. The molecule has 1 aliphatic heterocycles. The quantitative estimate of drug-likeness (QED) is 0.729. The highest BCUT2D eigenvalue weighted by Gasteiger charge is 2.35. The molecule has 2 rings (SSSR count). The first-order valence-corrected chi connectivity index (χ1v) is 9.48. The van der Waals surface area contributed by atoms with Gasteiger partial charge < -0.3 is 15.2 Å². The summed E-state index contributed by atoms with van der Waals surface area (Å²) < 4.78 is 45.2. The normalized spacial score (nSPS) is 17.9. The van der Waals surface area contributed by atoms with Crippen molar-refractivity contribution in [2.24, 2.45) is 5.92 Å². The zero-order valence-electron chi connectivity index (χ0n) is 16.8. The molecule has 1 aliphatic rings. The third-order valence-electron chi connectivity index (χ3n) is 4.65. The van der Waals surface area contributed by atoms with Crippen molar-refractivity contribution in [2.45, 2.75) is 51.9 Å². The second-order valence-corrected chi connectivity index (χ2v) is 8.28. The fourth-order valence-electron chi connectivity index (χ4n) is 3.34. The number of alkyl carbamates (subject to hydrolysis) is 1. The summed E-state index contributed by atoms with van der Waals surface area (Å²) in [4.78, 5) is 24.6. The Morgan fingerprint density at radius 1 is 1.28 bits per heavy atom. The fourth-order valence-corrected chi connectivity index (χ4v) is 3.34. The van der Waals surface area contributed by atoms with Crippen LogP contribution in [0.5, 0.6) is 0 Å². The Morgan fingerprint density at radius 3 is 2.55 bits per heavy atom. The number of hydrogen-bond donors (Lipinski definition) is 2. The molecule has 0 aliphatic carbocycles. The van der Waals surface area contributed by atoms with E-state index < -0.39 is 29.4 Å². The zero-order chi connectivity index (χ0) is 21.8. The molecule has 29 heavy (non-hydrogen) atoms. The number of carboxylic acid groups (broad SMARTS) is 1. The zero-order valence-corrected chi connectivity index (χ0v) is 16.8. The molecule has 1 heterocycles. The van der Waals surface area contributed by atoms with Crippen molar-refractivity contribution in [2.75, 3.05) is 19.6 Å². The Kier molecular flexibility index (Phi) is 7.15. The summed E-state index contributed by atoms with van der Waals surface area (Å²) in [6, 6.07) is 3.13. The van der Waals surface area contributed by atoms with Crippen LogP contribution >= 0.6 is 0 Å². The van der Waals surface area contributed by atoms with E-state index in [4.69, 9.17) is 9.84 Å². The number of hydrogen-bond acceptors (Lipinski definition) is 4. The minimum Gasteiger partial charge on any atom is -0.478 e. The van der Waals surface area contributed by atoms with Crippen LogP contribution in [0.15, 0.2) is 18.2 Å². The molecule has 0 saturated carbocycles. The van der Waals surface area contributed by atoms with Gasteiger partial charge >= 0.3 is 18.2 Å². The number of nitrogens with zero attached hydrogens (tertiary/aromatic N) is 1. The van der Waals surface area contributed by atoms with Gasteiger partial charge in [0, 0.05) is 19.6 Å². The van der Waals surface area contributed by atoms with Crippen LogP contribution < -0.4 is 5.32 Å². The van der Waals surface area contributed by atoms with E-state index >= 15 is 0 Å². The van der Waals surface area contributed by atoms with Crippen LogP contribution in [-0.2, 0) is 17.5 Å². The van der Waals surface area contributed by atoms with Crippen molar-refractivity contribution >= 4 is 12.1 Å². The van der Waals surface area contributed by atoms with Gasteiger partial charge in [-0.05, 0) is 63.8 Å². The molecule has 0 bridgehead atoms. The summed E-state index contributed by atoms with van der Waals surface area (Å²) in [6.45, 7) is 7.14. The number of carboxylic acids is 1. The van der Waals surface area contributed by atoms with Crippen molar-refractivity contribution < 1.29 is 32.6 Å². The number of ether oxygens (including phenoxy) is 1. The third kappa shape index (κ3) is 7.23. The van der Waals surface area contributed by atoms with Crippen molar-refractivity contribution in [3.63, 3.8) is 0 Å². The molecule has 1 aromatic rings. The van der Waals surface area contributed by atoms with Crippen LogP contribution in [0.1, 0.15) is 55.1 Å². The van der Waals surface area contributed by atoms with E-state index in [0.717, 1.165) is 6.42 Å². The molecule has 1 saturated heterocycles. The summed E-state index contributed by atoms with van der Waals surface area (Å²) in [5, 5.41) is 11.6. The van der Waals surface area contributed by atoms with Crippen molar-refractivity contribution in [3.8, 4) is 0 Å². The highest BCUT2D eigenvalue weighted by molar-refractivity contribution is 5.88. The van der Waals surface area contributed by atoms with Crippen LogP contribution in [0, 0.1) is 5.92 Å². The standard InChI is InChI=1S/C20H27F3N2O4/c1-19(2,3)29-18(28)24-8-6-13-7-9-25(11-13)12-15-5-4-14(17(26)27)10-16(15)20(21,22)23/h4-5,10,13H,6-9,11-12H2,1-3H3,(H,24,28)(H,26,27)/t13-/m1/s1. The molecule has 0 unspecified atom stereocenters. The molecule has 0 aromatic heterocycles. The predicted octanol–water partition coefficient (Wildman–Crippen LogP) is 4.14. The highest BCUT2D eigenvalue weighted by atomic mass is 19.4. The van der Waals surface area contributed by atoms with Gasteiger partial charge in [-0.1, -0.05) is 6.07 Å². The summed E-state index contributed by atoms with van der Waals surface area (Å²) in [5.74, 6) is -1.13. The minimum absolute atomic E-state index is 0.0648. The average molecular weight is 416 g/mol. The minimum atomic E-state index is -4.61. The number of likely N-dealkylation sites (tertiary alicyclic amines) is 1. The molecule has 6 nitrogen and oxygen atoms in total. The number of alkyl halides is 3. The van der Waals surface area contributed by atoms with E-state index in [1.54, 1.807) is 20.8 Å².